The minimum Gasteiger partial charge on any atom is -0.382 e. The first-order valence-corrected chi connectivity index (χ1v) is 10.2. The van der Waals surface area contributed by atoms with Crippen LogP contribution in [0.1, 0.15) is 51.5 Å². The molecule has 0 unspecified atom stereocenters. The number of carbonyl (C=O) groups is 1. The quantitative estimate of drug-likeness (QED) is 0.375. The van der Waals surface area contributed by atoms with Gasteiger partial charge >= 0.3 is 0 Å². The van der Waals surface area contributed by atoms with E-state index in [9.17, 15) is 4.79 Å². The molecule has 2 N–H and O–H groups in total. The van der Waals surface area contributed by atoms with E-state index in [4.69, 9.17) is 4.74 Å². The second-order valence-electron chi connectivity index (χ2n) is 6.69. The molecule has 27 heavy (non-hydrogen) atoms. The number of guanidine groups is 1. The molecular weight excluding hydrogens is 340 g/mol. The molecule has 6 heteroatoms. The average molecular weight is 375 g/mol. The van der Waals surface area contributed by atoms with Crippen molar-refractivity contribution in [2.45, 2.75) is 52.5 Å². The lowest BCUT2D eigenvalue weighted by molar-refractivity contribution is -0.119. The molecule has 0 bridgehead atoms. The Morgan fingerprint density at radius 3 is 2.67 bits per heavy atom. The van der Waals surface area contributed by atoms with Gasteiger partial charge in [-0.05, 0) is 57.2 Å². The van der Waals surface area contributed by atoms with Crippen LogP contribution in [0.15, 0.2) is 29.3 Å². The fourth-order valence-corrected chi connectivity index (χ4v) is 3.05. The number of piperidine rings is 1. The van der Waals surface area contributed by atoms with Crippen molar-refractivity contribution in [3.63, 3.8) is 0 Å². The minimum absolute atomic E-state index is 0.231. The van der Waals surface area contributed by atoms with Crippen LogP contribution in [-0.4, -0.2) is 44.7 Å². The third kappa shape index (κ3) is 7.59. The second kappa shape index (κ2) is 12.3. The summed E-state index contributed by atoms with van der Waals surface area (Å²) in [5.41, 5.74) is 2.13. The molecule has 0 aromatic heterocycles. The van der Waals surface area contributed by atoms with E-state index in [1.165, 1.54) is 0 Å². The van der Waals surface area contributed by atoms with E-state index in [-0.39, 0.29) is 5.91 Å². The topological polar surface area (TPSA) is 66.0 Å². The van der Waals surface area contributed by atoms with Crippen molar-refractivity contribution in [2.24, 2.45) is 4.99 Å². The maximum Gasteiger partial charge on any atom is 0.226 e. The van der Waals surface area contributed by atoms with Crippen molar-refractivity contribution in [2.75, 3.05) is 37.7 Å². The monoisotopic (exact) mass is 374 g/mol. The van der Waals surface area contributed by atoms with Crippen LogP contribution in [0.3, 0.4) is 0 Å². The van der Waals surface area contributed by atoms with Crippen molar-refractivity contribution in [1.29, 1.82) is 0 Å². The standard InChI is InChI=1S/C21H34N4O2/c1-3-22-21(23-14-6-8-16-27-4-2)24-17-18-10-12-19(13-11-18)25-15-7-5-9-20(25)26/h10-13H,3-9,14-17H2,1-2H3,(H2,22,23,24). The normalized spacial score (nSPS) is 15.1. The van der Waals surface area contributed by atoms with Crippen LogP contribution in [0.2, 0.25) is 0 Å². The number of rotatable bonds is 10. The number of unbranched alkanes of at least 4 members (excludes halogenated alkanes) is 1. The third-order valence-electron chi connectivity index (χ3n) is 4.55. The predicted molar refractivity (Wildman–Crippen MR) is 111 cm³/mol. The van der Waals surface area contributed by atoms with Gasteiger partial charge in [0.2, 0.25) is 5.91 Å². The molecule has 0 spiro atoms. The predicted octanol–water partition coefficient (Wildman–Crippen LogP) is 3.08. The summed E-state index contributed by atoms with van der Waals surface area (Å²) < 4.78 is 5.36. The molecule has 0 saturated carbocycles. The number of nitrogens with one attached hydrogen (secondary N) is 2. The summed E-state index contributed by atoms with van der Waals surface area (Å²) in [6.07, 6.45) is 4.86. The largest absolute Gasteiger partial charge is 0.382 e. The Morgan fingerprint density at radius 1 is 1.15 bits per heavy atom. The van der Waals surface area contributed by atoms with Gasteiger partial charge in [-0.2, -0.15) is 0 Å². The van der Waals surface area contributed by atoms with E-state index in [1.807, 2.05) is 24.0 Å². The number of hydrogen-bond donors (Lipinski definition) is 2. The fourth-order valence-electron chi connectivity index (χ4n) is 3.05. The number of hydrogen-bond acceptors (Lipinski definition) is 3. The van der Waals surface area contributed by atoms with Crippen molar-refractivity contribution >= 4 is 17.6 Å². The maximum atomic E-state index is 12.0. The highest BCUT2D eigenvalue weighted by Crippen LogP contribution is 2.21. The van der Waals surface area contributed by atoms with E-state index >= 15 is 0 Å². The van der Waals surface area contributed by atoms with Gasteiger partial charge in [0.1, 0.15) is 0 Å². The summed E-state index contributed by atoms with van der Waals surface area (Å²) in [5.74, 6) is 1.07. The van der Waals surface area contributed by atoms with Gasteiger partial charge in [0.25, 0.3) is 0 Å². The smallest absolute Gasteiger partial charge is 0.226 e. The van der Waals surface area contributed by atoms with Crippen molar-refractivity contribution in [3.8, 4) is 0 Å². The van der Waals surface area contributed by atoms with Gasteiger partial charge in [-0.25, -0.2) is 4.99 Å². The van der Waals surface area contributed by atoms with Crippen LogP contribution in [0.5, 0.6) is 0 Å². The SMILES string of the molecule is CCNC(=NCc1ccc(N2CCCCC2=O)cc1)NCCCCOCC. The highest BCUT2D eigenvalue weighted by atomic mass is 16.5. The molecule has 2 rings (SSSR count). The molecule has 0 atom stereocenters. The zero-order valence-electron chi connectivity index (χ0n) is 16.8. The highest BCUT2D eigenvalue weighted by molar-refractivity contribution is 5.93. The van der Waals surface area contributed by atoms with Crippen LogP contribution in [0.25, 0.3) is 0 Å². The average Bonchev–Trinajstić information content (AvgIpc) is 2.69. The minimum atomic E-state index is 0.231. The van der Waals surface area contributed by atoms with Gasteiger partial charge in [0.15, 0.2) is 5.96 Å². The number of ether oxygens (including phenoxy) is 1. The summed E-state index contributed by atoms with van der Waals surface area (Å²) in [6.45, 7) is 8.84. The second-order valence-corrected chi connectivity index (χ2v) is 6.69. The fraction of sp³-hybridized carbons (Fsp3) is 0.619. The van der Waals surface area contributed by atoms with E-state index in [1.54, 1.807) is 0 Å². The van der Waals surface area contributed by atoms with Crippen molar-refractivity contribution in [1.82, 2.24) is 10.6 Å². The summed E-state index contributed by atoms with van der Waals surface area (Å²) in [5, 5.41) is 6.65. The van der Waals surface area contributed by atoms with E-state index < -0.39 is 0 Å². The zero-order valence-corrected chi connectivity index (χ0v) is 16.8. The number of anilines is 1. The molecule has 1 aromatic rings. The van der Waals surface area contributed by atoms with Crippen LogP contribution >= 0.6 is 0 Å². The van der Waals surface area contributed by atoms with Crippen molar-refractivity contribution < 1.29 is 9.53 Å². The number of nitrogens with zero attached hydrogens (tertiary/aromatic N) is 2. The number of carbonyl (C=O) groups excluding carboxylic acids is 1. The maximum absolute atomic E-state index is 12.0. The highest BCUT2D eigenvalue weighted by Gasteiger charge is 2.19. The van der Waals surface area contributed by atoms with Gasteiger partial charge < -0.3 is 20.3 Å². The van der Waals surface area contributed by atoms with E-state index in [0.717, 1.165) is 75.7 Å². The summed E-state index contributed by atoms with van der Waals surface area (Å²) >= 11 is 0. The summed E-state index contributed by atoms with van der Waals surface area (Å²) in [4.78, 5) is 18.6. The van der Waals surface area contributed by atoms with Crippen LogP contribution < -0.4 is 15.5 Å². The van der Waals surface area contributed by atoms with E-state index in [0.29, 0.717) is 13.0 Å². The molecule has 1 aromatic carbocycles. The number of amides is 1. The van der Waals surface area contributed by atoms with Gasteiger partial charge in [0, 0.05) is 45.0 Å². The lowest BCUT2D eigenvalue weighted by Crippen LogP contribution is -2.37. The molecular formula is C21H34N4O2. The summed E-state index contributed by atoms with van der Waals surface area (Å²) in [7, 11) is 0. The molecule has 1 fully saturated rings. The molecule has 1 heterocycles. The number of aliphatic imine (C=N–C) groups is 1. The molecule has 150 valence electrons. The first-order valence-electron chi connectivity index (χ1n) is 10.2. The Morgan fingerprint density at radius 2 is 1.96 bits per heavy atom. The molecule has 0 aliphatic carbocycles. The lowest BCUT2D eigenvalue weighted by atomic mass is 10.1. The van der Waals surface area contributed by atoms with Crippen LogP contribution in [0.4, 0.5) is 5.69 Å². The molecule has 0 radical (unpaired) electrons. The Labute approximate surface area is 163 Å². The van der Waals surface area contributed by atoms with Crippen LogP contribution in [0, 0.1) is 0 Å². The molecule has 6 nitrogen and oxygen atoms in total. The lowest BCUT2D eigenvalue weighted by Gasteiger charge is -2.26. The molecule has 1 saturated heterocycles. The van der Waals surface area contributed by atoms with E-state index in [2.05, 4.69) is 34.7 Å². The third-order valence-corrected chi connectivity index (χ3v) is 4.55. The Balaban J connectivity index is 1.82. The molecule has 1 aliphatic heterocycles. The van der Waals surface area contributed by atoms with Gasteiger partial charge in [-0.15, -0.1) is 0 Å². The van der Waals surface area contributed by atoms with Gasteiger partial charge in [-0.3, -0.25) is 4.79 Å². The Hall–Kier alpha value is -2.08. The Bertz CT molecular complexity index is 586. The molecule has 1 aliphatic rings. The zero-order chi connectivity index (χ0) is 19.3. The number of benzene rings is 1. The van der Waals surface area contributed by atoms with Crippen molar-refractivity contribution in [3.05, 3.63) is 29.8 Å². The first-order chi connectivity index (χ1) is 13.2. The summed E-state index contributed by atoms with van der Waals surface area (Å²) in [6, 6.07) is 8.18. The Kier molecular flexibility index (Phi) is 9.69. The molecule has 1 amide bonds. The van der Waals surface area contributed by atoms with Crippen LogP contribution in [-0.2, 0) is 16.1 Å². The van der Waals surface area contributed by atoms with Gasteiger partial charge in [-0.1, -0.05) is 12.1 Å². The first kappa shape index (κ1) is 21.2. The van der Waals surface area contributed by atoms with Gasteiger partial charge in [0.05, 0.1) is 6.54 Å².